The molecule has 6 heteroatoms. The topological polar surface area (TPSA) is 65.2 Å². The molecule has 1 saturated heterocycles. The molecule has 5 nitrogen and oxygen atoms in total. The number of aromatic nitrogens is 1. The largest absolute Gasteiger partial charge is 0.361 e. The zero-order chi connectivity index (χ0) is 19.7. The number of hydrogen-bond donors (Lipinski definition) is 2. The number of anilines is 1. The molecular formula is C22H22BrN3O2. The number of benzene rings is 2. The number of nitrogens with zero attached hydrogens (tertiary/aromatic N) is 1. The minimum Gasteiger partial charge on any atom is -0.361 e. The van der Waals surface area contributed by atoms with Crippen LogP contribution in [0.2, 0.25) is 0 Å². The van der Waals surface area contributed by atoms with Gasteiger partial charge < -0.3 is 15.2 Å². The van der Waals surface area contributed by atoms with Crippen LogP contribution in [0, 0.1) is 12.8 Å². The van der Waals surface area contributed by atoms with E-state index >= 15 is 0 Å². The number of nitrogens with one attached hydrogen (secondary N) is 2. The summed E-state index contributed by atoms with van der Waals surface area (Å²) in [5.41, 5.74) is 4.27. The molecule has 1 atom stereocenters. The molecule has 144 valence electrons. The van der Waals surface area contributed by atoms with Gasteiger partial charge in [-0.25, -0.2) is 0 Å². The van der Waals surface area contributed by atoms with Crippen LogP contribution >= 0.6 is 15.9 Å². The van der Waals surface area contributed by atoms with Gasteiger partial charge in [-0.05, 0) is 49.2 Å². The van der Waals surface area contributed by atoms with Crippen molar-refractivity contribution in [1.29, 1.82) is 0 Å². The Bertz CT molecular complexity index is 1040. The van der Waals surface area contributed by atoms with Gasteiger partial charge in [0.25, 0.3) is 0 Å². The molecule has 2 N–H and O–H groups in total. The second kappa shape index (κ2) is 7.80. The van der Waals surface area contributed by atoms with E-state index in [1.807, 2.05) is 30.5 Å². The normalized spacial score (nSPS) is 16.7. The van der Waals surface area contributed by atoms with Crippen molar-refractivity contribution < 1.29 is 9.59 Å². The lowest BCUT2D eigenvalue weighted by molar-refractivity contribution is -0.128. The van der Waals surface area contributed by atoms with Gasteiger partial charge in [-0.2, -0.15) is 0 Å². The zero-order valence-electron chi connectivity index (χ0n) is 15.7. The van der Waals surface area contributed by atoms with Gasteiger partial charge in [-0.3, -0.25) is 9.59 Å². The maximum absolute atomic E-state index is 12.6. The van der Waals surface area contributed by atoms with Gasteiger partial charge >= 0.3 is 0 Å². The van der Waals surface area contributed by atoms with Crippen LogP contribution in [0.3, 0.4) is 0 Å². The number of amides is 2. The molecular weight excluding hydrogens is 418 g/mol. The molecule has 4 rings (SSSR count). The molecule has 2 aromatic carbocycles. The van der Waals surface area contributed by atoms with Gasteiger partial charge in [0.1, 0.15) is 0 Å². The lowest BCUT2D eigenvalue weighted by Crippen LogP contribution is -2.30. The Morgan fingerprint density at radius 1 is 1.29 bits per heavy atom. The summed E-state index contributed by atoms with van der Waals surface area (Å²) < 4.78 is 0.906. The van der Waals surface area contributed by atoms with Crippen molar-refractivity contribution in [3.63, 3.8) is 0 Å². The molecule has 1 fully saturated rings. The predicted octanol–water partition coefficient (Wildman–Crippen LogP) is 4.27. The summed E-state index contributed by atoms with van der Waals surface area (Å²) in [6, 6.07) is 13.8. The Hall–Kier alpha value is -2.60. The molecule has 0 radical (unpaired) electrons. The standard InChI is InChI=1S/C22H22BrN3O2/c1-14-5-6-20-19(9-14)15(12-24-20)7-8-26-13-16(10-21(26)27)22(28)25-18-4-2-3-17(23)11-18/h2-6,9,11-12,16,24H,7-8,10,13H2,1H3,(H,25,28)/t16-/m0/s1. The molecule has 0 unspecified atom stereocenters. The summed E-state index contributed by atoms with van der Waals surface area (Å²) in [4.78, 5) is 30.1. The molecule has 3 aromatic rings. The maximum Gasteiger partial charge on any atom is 0.229 e. The van der Waals surface area contributed by atoms with Gasteiger partial charge in [0.15, 0.2) is 0 Å². The van der Waals surface area contributed by atoms with E-state index in [0.717, 1.165) is 22.1 Å². The number of likely N-dealkylation sites (tertiary alicyclic amines) is 1. The highest BCUT2D eigenvalue weighted by Crippen LogP contribution is 2.24. The minimum atomic E-state index is -0.309. The van der Waals surface area contributed by atoms with Crippen molar-refractivity contribution in [1.82, 2.24) is 9.88 Å². The van der Waals surface area contributed by atoms with Crippen LogP contribution in [-0.2, 0) is 16.0 Å². The van der Waals surface area contributed by atoms with E-state index in [-0.39, 0.29) is 24.2 Å². The molecule has 0 saturated carbocycles. The summed E-state index contributed by atoms with van der Waals surface area (Å²) in [6.45, 7) is 3.18. The fraction of sp³-hybridized carbons (Fsp3) is 0.273. The molecule has 28 heavy (non-hydrogen) atoms. The quantitative estimate of drug-likeness (QED) is 0.623. The van der Waals surface area contributed by atoms with Crippen LogP contribution < -0.4 is 5.32 Å². The second-order valence-corrected chi connectivity index (χ2v) is 8.27. The summed E-state index contributed by atoms with van der Waals surface area (Å²) in [5.74, 6) is -0.362. The molecule has 1 aliphatic rings. The third kappa shape index (κ3) is 3.97. The van der Waals surface area contributed by atoms with Crippen LogP contribution in [-0.4, -0.2) is 34.8 Å². The number of fused-ring (bicyclic) bond motifs is 1. The van der Waals surface area contributed by atoms with Gasteiger partial charge in [-0.1, -0.05) is 33.6 Å². The van der Waals surface area contributed by atoms with Crippen molar-refractivity contribution in [3.8, 4) is 0 Å². The number of aromatic amines is 1. The number of hydrogen-bond acceptors (Lipinski definition) is 2. The fourth-order valence-electron chi connectivity index (χ4n) is 3.73. The summed E-state index contributed by atoms with van der Waals surface area (Å²) >= 11 is 3.40. The number of aryl methyl sites for hydroxylation is 1. The molecule has 1 aliphatic heterocycles. The van der Waals surface area contributed by atoms with Gasteiger partial charge in [0, 0.05) is 46.8 Å². The average molecular weight is 440 g/mol. The summed E-state index contributed by atoms with van der Waals surface area (Å²) in [7, 11) is 0. The number of rotatable bonds is 5. The van der Waals surface area contributed by atoms with Crippen LogP contribution in [0.15, 0.2) is 53.1 Å². The van der Waals surface area contributed by atoms with E-state index in [1.54, 1.807) is 4.90 Å². The van der Waals surface area contributed by atoms with E-state index in [1.165, 1.54) is 16.5 Å². The monoisotopic (exact) mass is 439 g/mol. The van der Waals surface area contributed by atoms with Gasteiger partial charge in [-0.15, -0.1) is 0 Å². The highest BCUT2D eigenvalue weighted by molar-refractivity contribution is 9.10. The molecule has 2 heterocycles. The average Bonchev–Trinajstić information content (AvgIpc) is 3.23. The van der Waals surface area contributed by atoms with Crippen LogP contribution in [0.25, 0.3) is 10.9 Å². The SMILES string of the molecule is Cc1ccc2[nH]cc(CCN3C[C@@H](C(=O)Nc4cccc(Br)c4)CC3=O)c2c1. The first-order valence-electron chi connectivity index (χ1n) is 9.40. The van der Waals surface area contributed by atoms with E-state index in [4.69, 9.17) is 0 Å². The predicted molar refractivity (Wildman–Crippen MR) is 114 cm³/mol. The van der Waals surface area contributed by atoms with Crippen molar-refractivity contribution in [2.24, 2.45) is 5.92 Å². The van der Waals surface area contributed by atoms with E-state index in [9.17, 15) is 9.59 Å². The Morgan fingerprint density at radius 3 is 2.96 bits per heavy atom. The van der Waals surface area contributed by atoms with Gasteiger partial charge in [0.05, 0.1) is 5.92 Å². The van der Waals surface area contributed by atoms with Crippen molar-refractivity contribution in [2.45, 2.75) is 19.8 Å². The van der Waals surface area contributed by atoms with Crippen LogP contribution in [0.1, 0.15) is 17.5 Å². The summed E-state index contributed by atoms with van der Waals surface area (Å²) in [6.07, 6.45) is 3.06. The Labute approximate surface area is 172 Å². The van der Waals surface area contributed by atoms with Crippen molar-refractivity contribution >= 4 is 44.3 Å². The second-order valence-electron chi connectivity index (χ2n) is 7.35. The molecule has 2 amide bonds. The third-order valence-electron chi connectivity index (χ3n) is 5.25. The fourth-order valence-corrected chi connectivity index (χ4v) is 4.13. The first kappa shape index (κ1) is 18.7. The summed E-state index contributed by atoms with van der Waals surface area (Å²) in [5, 5.41) is 4.12. The lowest BCUT2D eigenvalue weighted by Gasteiger charge is -2.16. The Balaban J connectivity index is 1.38. The minimum absolute atomic E-state index is 0.0467. The number of carbonyl (C=O) groups is 2. The highest BCUT2D eigenvalue weighted by atomic mass is 79.9. The van der Waals surface area contributed by atoms with Crippen LogP contribution in [0.5, 0.6) is 0 Å². The van der Waals surface area contributed by atoms with Crippen molar-refractivity contribution in [3.05, 3.63) is 64.3 Å². The Morgan fingerprint density at radius 2 is 2.14 bits per heavy atom. The maximum atomic E-state index is 12.6. The first-order valence-corrected chi connectivity index (χ1v) is 10.2. The third-order valence-corrected chi connectivity index (χ3v) is 5.74. The first-order chi connectivity index (χ1) is 13.5. The number of H-pyrrole nitrogens is 1. The lowest BCUT2D eigenvalue weighted by atomic mass is 10.1. The highest BCUT2D eigenvalue weighted by Gasteiger charge is 2.34. The van der Waals surface area contributed by atoms with E-state index in [2.05, 4.69) is 51.4 Å². The van der Waals surface area contributed by atoms with E-state index < -0.39 is 0 Å². The zero-order valence-corrected chi connectivity index (χ0v) is 17.3. The molecule has 1 aromatic heterocycles. The van der Waals surface area contributed by atoms with Crippen molar-refractivity contribution in [2.75, 3.05) is 18.4 Å². The number of carbonyl (C=O) groups excluding carboxylic acids is 2. The Kier molecular flexibility index (Phi) is 5.22. The molecule has 0 aliphatic carbocycles. The van der Waals surface area contributed by atoms with Gasteiger partial charge in [0.2, 0.25) is 11.8 Å². The molecule has 0 spiro atoms. The van der Waals surface area contributed by atoms with E-state index in [0.29, 0.717) is 13.1 Å². The van der Waals surface area contributed by atoms with Crippen LogP contribution in [0.4, 0.5) is 5.69 Å². The number of halogens is 1. The molecule has 0 bridgehead atoms. The smallest absolute Gasteiger partial charge is 0.229 e.